The highest BCUT2D eigenvalue weighted by atomic mass is 32.1. The van der Waals surface area contributed by atoms with E-state index in [1.54, 1.807) is 6.92 Å². The zero-order valence-electron chi connectivity index (χ0n) is 10.1. The van der Waals surface area contributed by atoms with Crippen LogP contribution in [0, 0.1) is 12.8 Å². The predicted molar refractivity (Wildman–Crippen MR) is 66.4 cm³/mol. The molecule has 4 nitrogen and oxygen atoms in total. The molecule has 0 bridgehead atoms. The number of thiazole rings is 1. The van der Waals surface area contributed by atoms with Gasteiger partial charge < -0.3 is 10.4 Å². The fourth-order valence-electron chi connectivity index (χ4n) is 1.63. The van der Waals surface area contributed by atoms with Crippen LogP contribution in [0.2, 0.25) is 0 Å². The number of carboxylic acids is 1. The Morgan fingerprint density at radius 1 is 1.50 bits per heavy atom. The summed E-state index contributed by atoms with van der Waals surface area (Å²) in [6, 6.07) is 0.312. The average Bonchev–Trinajstić information content (AvgIpc) is 2.44. The van der Waals surface area contributed by atoms with Gasteiger partial charge in [0, 0.05) is 10.9 Å². The minimum Gasteiger partial charge on any atom is -0.476 e. The average molecular weight is 242 g/mol. The van der Waals surface area contributed by atoms with Gasteiger partial charge in [0.1, 0.15) is 0 Å². The first-order valence-corrected chi connectivity index (χ1v) is 6.19. The molecule has 5 heteroatoms. The third kappa shape index (κ3) is 3.48. The predicted octanol–water partition coefficient (Wildman–Crippen LogP) is 3.00. The Morgan fingerprint density at radius 3 is 2.56 bits per heavy atom. The number of anilines is 1. The van der Waals surface area contributed by atoms with Gasteiger partial charge in [-0.1, -0.05) is 13.8 Å². The molecule has 0 spiro atoms. The second-order valence-corrected chi connectivity index (χ2v) is 5.61. The topological polar surface area (TPSA) is 62.2 Å². The first-order valence-electron chi connectivity index (χ1n) is 5.37. The van der Waals surface area contributed by atoms with E-state index in [0.717, 1.165) is 11.3 Å². The molecule has 1 rings (SSSR count). The molecule has 16 heavy (non-hydrogen) atoms. The highest BCUT2D eigenvalue weighted by Gasteiger charge is 2.15. The van der Waals surface area contributed by atoms with Crippen LogP contribution in [-0.2, 0) is 0 Å². The van der Waals surface area contributed by atoms with Crippen LogP contribution in [0.5, 0.6) is 0 Å². The first-order chi connectivity index (χ1) is 7.40. The van der Waals surface area contributed by atoms with Gasteiger partial charge in [0.2, 0.25) is 0 Å². The van der Waals surface area contributed by atoms with E-state index < -0.39 is 5.97 Å². The van der Waals surface area contributed by atoms with E-state index in [0.29, 0.717) is 17.1 Å². The number of aromatic nitrogens is 1. The summed E-state index contributed by atoms with van der Waals surface area (Å²) >= 11 is 1.40. The van der Waals surface area contributed by atoms with Gasteiger partial charge in [0.05, 0.1) is 0 Å². The molecule has 1 aromatic heterocycles. The summed E-state index contributed by atoms with van der Waals surface area (Å²) in [7, 11) is 0. The Labute approximate surface area is 99.7 Å². The zero-order valence-corrected chi connectivity index (χ0v) is 10.9. The lowest BCUT2D eigenvalue weighted by Crippen LogP contribution is -2.17. The third-order valence-corrected chi connectivity index (χ3v) is 3.10. The fraction of sp³-hybridized carbons (Fsp3) is 0.636. The van der Waals surface area contributed by atoms with Crippen molar-refractivity contribution in [3.05, 3.63) is 10.6 Å². The zero-order chi connectivity index (χ0) is 12.3. The van der Waals surface area contributed by atoms with E-state index in [1.807, 2.05) is 0 Å². The number of carbonyl (C=O) groups is 1. The van der Waals surface area contributed by atoms with Crippen molar-refractivity contribution in [1.29, 1.82) is 0 Å². The van der Waals surface area contributed by atoms with Gasteiger partial charge in [0.15, 0.2) is 10.8 Å². The standard InChI is InChI=1S/C11H18N2O2S/c1-6(2)5-7(3)12-11-13-9(10(14)15)8(4)16-11/h6-7H,5H2,1-4H3,(H,12,13)(H,14,15). The fourth-order valence-corrected chi connectivity index (χ4v) is 2.55. The van der Waals surface area contributed by atoms with Crippen molar-refractivity contribution in [2.45, 2.75) is 40.2 Å². The molecule has 0 aromatic carbocycles. The summed E-state index contributed by atoms with van der Waals surface area (Å²) in [6.45, 7) is 8.18. The molecule has 0 saturated heterocycles. The number of aryl methyl sites for hydroxylation is 1. The molecule has 1 atom stereocenters. The Bertz CT molecular complexity index is 374. The third-order valence-electron chi connectivity index (χ3n) is 2.19. The van der Waals surface area contributed by atoms with E-state index in [1.165, 1.54) is 11.3 Å². The molecule has 0 aliphatic rings. The second-order valence-electron chi connectivity index (χ2n) is 4.40. The molecule has 90 valence electrons. The number of hydrogen-bond acceptors (Lipinski definition) is 4. The van der Waals surface area contributed by atoms with Crippen LogP contribution < -0.4 is 5.32 Å². The number of nitrogens with one attached hydrogen (secondary N) is 1. The normalized spacial score (nSPS) is 12.8. The Balaban J connectivity index is 2.68. The quantitative estimate of drug-likeness (QED) is 0.833. The lowest BCUT2D eigenvalue weighted by molar-refractivity contribution is 0.0690. The van der Waals surface area contributed by atoms with Gasteiger partial charge in [-0.05, 0) is 26.2 Å². The number of rotatable bonds is 5. The van der Waals surface area contributed by atoms with Gasteiger partial charge in [-0.2, -0.15) is 0 Å². The van der Waals surface area contributed by atoms with Crippen molar-refractivity contribution in [2.75, 3.05) is 5.32 Å². The minimum absolute atomic E-state index is 0.157. The first kappa shape index (κ1) is 13.0. The Kier molecular flexibility index (Phi) is 4.29. The van der Waals surface area contributed by atoms with Crippen LogP contribution in [0.25, 0.3) is 0 Å². The molecule has 2 N–H and O–H groups in total. The monoisotopic (exact) mass is 242 g/mol. The molecule has 1 aromatic rings. The number of aromatic carboxylic acids is 1. The lowest BCUT2D eigenvalue weighted by atomic mass is 10.1. The van der Waals surface area contributed by atoms with Crippen molar-refractivity contribution in [3.8, 4) is 0 Å². The number of hydrogen-bond donors (Lipinski definition) is 2. The molecule has 1 heterocycles. The highest BCUT2D eigenvalue weighted by molar-refractivity contribution is 7.15. The molecule has 0 amide bonds. The summed E-state index contributed by atoms with van der Waals surface area (Å²) in [5.74, 6) is -0.346. The van der Waals surface area contributed by atoms with Crippen molar-refractivity contribution in [1.82, 2.24) is 4.98 Å². The van der Waals surface area contributed by atoms with E-state index in [-0.39, 0.29) is 5.69 Å². The van der Waals surface area contributed by atoms with Gasteiger partial charge in [-0.3, -0.25) is 0 Å². The minimum atomic E-state index is -0.960. The lowest BCUT2D eigenvalue weighted by Gasteiger charge is -2.14. The number of carboxylic acid groups (broad SMARTS) is 1. The molecular weight excluding hydrogens is 224 g/mol. The van der Waals surface area contributed by atoms with Crippen LogP contribution >= 0.6 is 11.3 Å². The van der Waals surface area contributed by atoms with Crippen molar-refractivity contribution in [2.24, 2.45) is 5.92 Å². The van der Waals surface area contributed by atoms with E-state index in [4.69, 9.17) is 5.11 Å². The Morgan fingerprint density at radius 2 is 2.12 bits per heavy atom. The largest absolute Gasteiger partial charge is 0.476 e. The summed E-state index contributed by atoms with van der Waals surface area (Å²) < 4.78 is 0. The smallest absolute Gasteiger partial charge is 0.355 e. The molecule has 0 aliphatic carbocycles. The highest BCUT2D eigenvalue weighted by Crippen LogP contribution is 2.23. The van der Waals surface area contributed by atoms with Gasteiger partial charge >= 0.3 is 5.97 Å². The molecule has 0 radical (unpaired) electrons. The molecule has 1 unspecified atom stereocenters. The summed E-state index contributed by atoms with van der Waals surface area (Å²) in [5, 5.41) is 12.8. The number of nitrogens with zero attached hydrogens (tertiary/aromatic N) is 1. The van der Waals surface area contributed by atoms with Crippen molar-refractivity contribution < 1.29 is 9.90 Å². The Hall–Kier alpha value is -1.10. The molecule has 0 saturated carbocycles. The SMILES string of the molecule is Cc1sc(NC(C)CC(C)C)nc1C(=O)O. The van der Waals surface area contributed by atoms with Gasteiger partial charge in [-0.25, -0.2) is 9.78 Å². The summed E-state index contributed by atoms with van der Waals surface area (Å²) in [6.07, 6.45) is 1.04. The van der Waals surface area contributed by atoms with Crippen molar-refractivity contribution >= 4 is 22.4 Å². The van der Waals surface area contributed by atoms with Crippen LogP contribution in [0.15, 0.2) is 0 Å². The maximum absolute atomic E-state index is 10.8. The van der Waals surface area contributed by atoms with E-state index in [9.17, 15) is 4.79 Å². The second kappa shape index (κ2) is 5.30. The van der Waals surface area contributed by atoms with Crippen LogP contribution in [0.1, 0.15) is 42.6 Å². The van der Waals surface area contributed by atoms with Crippen molar-refractivity contribution in [3.63, 3.8) is 0 Å². The van der Waals surface area contributed by atoms with E-state index >= 15 is 0 Å². The molecule has 0 aliphatic heterocycles. The van der Waals surface area contributed by atoms with Gasteiger partial charge in [0.25, 0.3) is 0 Å². The van der Waals surface area contributed by atoms with Crippen LogP contribution in [0.4, 0.5) is 5.13 Å². The maximum Gasteiger partial charge on any atom is 0.355 e. The van der Waals surface area contributed by atoms with E-state index in [2.05, 4.69) is 31.1 Å². The van der Waals surface area contributed by atoms with Crippen LogP contribution in [-0.4, -0.2) is 22.1 Å². The maximum atomic E-state index is 10.8. The van der Waals surface area contributed by atoms with Gasteiger partial charge in [-0.15, -0.1) is 11.3 Å². The van der Waals surface area contributed by atoms with Crippen LogP contribution in [0.3, 0.4) is 0 Å². The summed E-state index contributed by atoms with van der Waals surface area (Å²) in [5.41, 5.74) is 0.157. The summed E-state index contributed by atoms with van der Waals surface area (Å²) in [4.78, 5) is 15.6. The molecular formula is C11H18N2O2S. The molecule has 0 fully saturated rings.